The number of allylic oxidation sites excluding steroid dienone is 1. The monoisotopic (exact) mass is 756 g/mol. The molecule has 3 unspecified atom stereocenters. The van der Waals surface area contributed by atoms with E-state index in [0.29, 0.717) is 32.5 Å². The highest BCUT2D eigenvalue weighted by atomic mass is 127. The second-order valence-electron chi connectivity index (χ2n) is 13.3. The van der Waals surface area contributed by atoms with Gasteiger partial charge >= 0.3 is 11.9 Å². The summed E-state index contributed by atoms with van der Waals surface area (Å²) in [6.45, 7) is 9.45. The zero-order chi connectivity index (χ0) is 33.7. The highest BCUT2D eigenvalue weighted by Crippen LogP contribution is 2.61. The van der Waals surface area contributed by atoms with Gasteiger partial charge in [-0.05, 0) is 89.6 Å². The minimum atomic E-state index is -1.81. The molecule has 2 aromatic rings. The molecule has 0 spiro atoms. The molecule has 4 aliphatic rings. The van der Waals surface area contributed by atoms with Crippen LogP contribution in [0.4, 0.5) is 0 Å². The lowest BCUT2D eigenvalue weighted by atomic mass is 9.59. The van der Waals surface area contributed by atoms with E-state index in [1.54, 1.807) is 26.0 Å². The van der Waals surface area contributed by atoms with Gasteiger partial charge in [0.05, 0.1) is 41.0 Å². The molecule has 0 radical (unpaired) electrons. The summed E-state index contributed by atoms with van der Waals surface area (Å²) in [5.41, 5.74) is -0.229. The van der Waals surface area contributed by atoms with E-state index in [9.17, 15) is 19.8 Å². The first-order valence-electron chi connectivity index (χ1n) is 15.9. The van der Waals surface area contributed by atoms with E-state index in [1.807, 2.05) is 65.1 Å². The summed E-state index contributed by atoms with van der Waals surface area (Å²) < 4.78 is 31.8. The predicted octanol–water partition coefficient (Wildman–Crippen LogP) is 5.94. The highest BCUT2D eigenvalue weighted by molar-refractivity contribution is 14.1. The smallest absolute Gasteiger partial charge is 0.331 e. The lowest BCUT2D eigenvalue weighted by molar-refractivity contribution is -0.474. The van der Waals surface area contributed by atoms with Crippen molar-refractivity contribution in [1.82, 2.24) is 0 Å². The van der Waals surface area contributed by atoms with Crippen LogP contribution in [-0.4, -0.2) is 59.0 Å². The third kappa shape index (κ3) is 6.02. The van der Waals surface area contributed by atoms with Crippen LogP contribution in [0, 0.1) is 21.3 Å². The number of carbonyl (C=O) groups excluding carboxylic acids is 2. The maximum atomic E-state index is 13.8. The summed E-state index contributed by atoms with van der Waals surface area (Å²) in [6, 6.07) is 13.1. The molecule has 2 fully saturated rings. The molecule has 2 aromatic carbocycles. The number of phenolic OH excluding ortho intramolecular Hbond substituents is 1. The van der Waals surface area contributed by atoms with Crippen LogP contribution in [0.3, 0.4) is 0 Å². The fourth-order valence-electron chi connectivity index (χ4n) is 8.02. The standard InChI is InChI=1S/C37H41IO9/c1-21(2)45-36(19-24-9-7-6-8-10-24)46-29-12-11-23(4)37(47-36)27(29)14-26(18-35(42)31(37)13-22(3)34(35)41)20-44-32(39)17-25-15-28(38)33(40)30(16-25)43-5/h6-10,13-16,23,27,29,31,40,42H,1,11-12,17-20H2,2-5H3/t23-,27?,29?,31?,35-,36-,37+/m1/s1. The maximum absolute atomic E-state index is 13.8. The van der Waals surface area contributed by atoms with E-state index in [1.165, 1.54) is 7.11 Å². The van der Waals surface area contributed by atoms with Crippen molar-refractivity contribution >= 4 is 34.3 Å². The van der Waals surface area contributed by atoms with Crippen LogP contribution in [0.1, 0.15) is 51.2 Å². The number of benzene rings is 2. The summed E-state index contributed by atoms with van der Waals surface area (Å²) in [7, 11) is 1.45. The molecule has 250 valence electrons. The average Bonchev–Trinajstić information content (AvgIpc) is 3.17. The number of phenols is 1. The van der Waals surface area contributed by atoms with Crippen molar-refractivity contribution in [1.29, 1.82) is 0 Å². The van der Waals surface area contributed by atoms with Crippen molar-refractivity contribution in [2.24, 2.45) is 17.8 Å². The topological polar surface area (TPSA) is 121 Å². The zero-order valence-corrected chi connectivity index (χ0v) is 29.2. The van der Waals surface area contributed by atoms with Crippen LogP contribution in [0.5, 0.6) is 11.5 Å². The summed E-state index contributed by atoms with van der Waals surface area (Å²) in [6.07, 6.45) is 5.16. The Hall–Kier alpha value is -3.19. The summed E-state index contributed by atoms with van der Waals surface area (Å²) in [5, 5.41) is 22.6. The molecule has 0 aromatic heterocycles. The van der Waals surface area contributed by atoms with Gasteiger partial charge < -0.3 is 33.9 Å². The van der Waals surface area contributed by atoms with E-state index >= 15 is 0 Å². The number of rotatable bonds is 9. The Morgan fingerprint density at radius 3 is 2.60 bits per heavy atom. The molecule has 0 amide bonds. The molecule has 1 saturated carbocycles. The number of fused-ring (bicyclic) bond motifs is 1. The molecule has 9 nitrogen and oxygen atoms in total. The number of Topliss-reactive ketones (excluding diaryl/α,β-unsaturated/α-hetero) is 1. The minimum Gasteiger partial charge on any atom is -0.504 e. The number of aliphatic hydroxyl groups is 1. The summed E-state index contributed by atoms with van der Waals surface area (Å²) >= 11 is 1.98. The highest BCUT2D eigenvalue weighted by Gasteiger charge is 2.70. The first-order chi connectivity index (χ1) is 22.3. The summed E-state index contributed by atoms with van der Waals surface area (Å²) in [4.78, 5) is 26.9. The van der Waals surface area contributed by atoms with Gasteiger partial charge in [0.15, 0.2) is 17.3 Å². The molecule has 47 heavy (non-hydrogen) atoms. The maximum Gasteiger partial charge on any atom is 0.331 e. The molecule has 7 atom stereocenters. The van der Waals surface area contributed by atoms with Crippen molar-refractivity contribution in [3.63, 3.8) is 0 Å². The third-order valence-corrected chi connectivity index (χ3v) is 10.8. The Morgan fingerprint density at radius 2 is 1.89 bits per heavy atom. The van der Waals surface area contributed by atoms with Gasteiger partial charge in [-0.1, -0.05) is 56.0 Å². The second-order valence-corrected chi connectivity index (χ2v) is 14.5. The van der Waals surface area contributed by atoms with Crippen LogP contribution in [0.25, 0.3) is 0 Å². The fourth-order valence-corrected chi connectivity index (χ4v) is 8.69. The largest absolute Gasteiger partial charge is 0.504 e. The van der Waals surface area contributed by atoms with E-state index in [0.717, 1.165) is 12.0 Å². The van der Waals surface area contributed by atoms with Crippen molar-refractivity contribution in [2.45, 2.75) is 76.2 Å². The molecular weight excluding hydrogens is 715 g/mol. The number of esters is 1. The predicted molar refractivity (Wildman–Crippen MR) is 181 cm³/mol. The zero-order valence-electron chi connectivity index (χ0n) is 27.1. The van der Waals surface area contributed by atoms with Crippen LogP contribution >= 0.6 is 22.6 Å². The summed E-state index contributed by atoms with van der Waals surface area (Å²) in [5.74, 6) is -2.85. The lowest BCUT2D eigenvalue weighted by Gasteiger charge is -2.61. The van der Waals surface area contributed by atoms with Gasteiger partial charge in [-0.15, -0.1) is 0 Å². The van der Waals surface area contributed by atoms with Gasteiger partial charge in [0.2, 0.25) is 0 Å². The first-order valence-corrected chi connectivity index (χ1v) is 17.0. The fraction of sp³-hybridized carbons (Fsp3) is 0.459. The van der Waals surface area contributed by atoms with Gasteiger partial charge in [0.25, 0.3) is 0 Å². The quantitative estimate of drug-likeness (QED) is 0.139. The molecule has 1 aliphatic heterocycles. The minimum absolute atomic E-state index is 0.00817. The van der Waals surface area contributed by atoms with Crippen molar-refractivity contribution < 1.29 is 43.5 Å². The number of carbonyl (C=O) groups is 2. The second kappa shape index (κ2) is 12.7. The van der Waals surface area contributed by atoms with Crippen LogP contribution < -0.4 is 4.74 Å². The number of hydrogen-bond acceptors (Lipinski definition) is 9. The molecule has 1 saturated heterocycles. The number of aromatic hydroxyl groups is 1. The Balaban J connectivity index is 1.36. The number of ether oxygens (including phenoxy) is 5. The Morgan fingerprint density at radius 1 is 1.15 bits per heavy atom. The average molecular weight is 757 g/mol. The number of methoxy groups -OCH3 is 1. The Bertz CT molecular complexity index is 1650. The number of hydrogen-bond donors (Lipinski definition) is 2. The molecular formula is C37H41IO9. The van der Waals surface area contributed by atoms with Crippen molar-refractivity contribution in [3.05, 3.63) is 92.8 Å². The molecule has 1 heterocycles. The van der Waals surface area contributed by atoms with Crippen molar-refractivity contribution in [3.8, 4) is 11.5 Å². The first kappa shape index (κ1) is 33.7. The lowest BCUT2D eigenvalue weighted by Crippen LogP contribution is -2.71. The third-order valence-electron chi connectivity index (χ3n) is 9.99. The van der Waals surface area contributed by atoms with Gasteiger partial charge in [0, 0.05) is 18.3 Å². The molecule has 2 N–H and O–H groups in total. The van der Waals surface area contributed by atoms with E-state index < -0.39 is 29.1 Å². The Kier molecular flexibility index (Phi) is 9.10. The molecule has 2 bridgehead atoms. The van der Waals surface area contributed by atoms with Crippen LogP contribution in [0.15, 0.2) is 78.1 Å². The number of halogens is 1. The van der Waals surface area contributed by atoms with E-state index in [2.05, 4.69) is 13.5 Å². The molecule has 3 aliphatic carbocycles. The van der Waals surface area contributed by atoms with E-state index in [4.69, 9.17) is 23.7 Å². The van der Waals surface area contributed by atoms with Gasteiger partial charge in [0.1, 0.15) is 12.2 Å². The molecule has 6 rings (SSSR count). The van der Waals surface area contributed by atoms with Crippen LogP contribution in [-0.2, 0) is 41.4 Å². The van der Waals surface area contributed by atoms with Crippen LogP contribution in [0.2, 0.25) is 0 Å². The van der Waals surface area contributed by atoms with Gasteiger partial charge in [-0.3, -0.25) is 9.59 Å². The van der Waals surface area contributed by atoms with Gasteiger partial charge in [-0.2, -0.15) is 0 Å². The normalized spacial score (nSPS) is 32.7. The molecule has 10 heteroatoms. The van der Waals surface area contributed by atoms with E-state index in [-0.39, 0.29) is 61.1 Å². The Labute approximate surface area is 288 Å². The van der Waals surface area contributed by atoms with Gasteiger partial charge in [-0.25, -0.2) is 0 Å². The SMILES string of the molecule is C=C(C)O[C@]1(Cc2ccccc2)OC2CC[C@@H](C)[C@]3(O1)C2C=C(COC(=O)Cc1cc(I)c(O)c(OC)c1)C[C@]1(O)C(=O)C(C)=CC31. The van der Waals surface area contributed by atoms with Crippen molar-refractivity contribution in [2.75, 3.05) is 13.7 Å². The number of ketones is 1.